The summed E-state index contributed by atoms with van der Waals surface area (Å²) in [6, 6.07) is 2.91. The third kappa shape index (κ3) is 5.69. The minimum Gasteiger partial charge on any atom is -0.461 e. The molecule has 0 unspecified atom stereocenters. The third-order valence-electron chi connectivity index (χ3n) is 4.43. The van der Waals surface area contributed by atoms with Gasteiger partial charge in [-0.1, -0.05) is 12.8 Å². The highest BCUT2D eigenvalue weighted by atomic mass is 32.2. The van der Waals surface area contributed by atoms with Crippen LogP contribution >= 0.6 is 0 Å². The van der Waals surface area contributed by atoms with Crippen molar-refractivity contribution in [3.8, 4) is 0 Å². The number of nitrogens with zero attached hydrogens (tertiary/aromatic N) is 2. The summed E-state index contributed by atoms with van der Waals surface area (Å²) in [4.78, 5) is 32.1. The molecule has 11 nitrogen and oxygen atoms in total. The molecule has 27 heavy (non-hydrogen) atoms. The molecule has 2 atom stereocenters. The van der Waals surface area contributed by atoms with Gasteiger partial charge in [-0.3, -0.25) is 29.6 Å². The minimum atomic E-state index is -4.28. The molecule has 0 radical (unpaired) electrons. The van der Waals surface area contributed by atoms with Crippen LogP contribution in [0.4, 0.5) is 11.4 Å². The standard InChI is InChI=1S/C15H18N2O9S/c18-15(7-11-3-1-2-4-14(11)27(23,24)25)26-9-10-5-12(16(19)20)8-13(6-10)17(21)22/h5-6,8,11,14H,1-4,7,9H2,(H,23,24,25)/t11-,14+/m1/s1. The van der Waals surface area contributed by atoms with Crippen molar-refractivity contribution in [3.05, 3.63) is 44.0 Å². The average molecular weight is 402 g/mol. The van der Waals surface area contributed by atoms with Crippen LogP contribution in [0, 0.1) is 26.1 Å². The molecule has 1 saturated carbocycles. The van der Waals surface area contributed by atoms with Crippen LogP contribution in [0.3, 0.4) is 0 Å². The van der Waals surface area contributed by atoms with E-state index in [0.717, 1.165) is 24.6 Å². The first kappa shape index (κ1) is 20.7. The molecule has 1 N–H and O–H groups in total. The van der Waals surface area contributed by atoms with Gasteiger partial charge >= 0.3 is 5.97 Å². The zero-order chi connectivity index (χ0) is 20.2. The van der Waals surface area contributed by atoms with Gasteiger partial charge in [-0.15, -0.1) is 0 Å². The predicted octanol–water partition coefficient (Wildman–Crippen LogP) is 2.38. The van der Waals surface area contributed by atoms with E-state index < -0.39 is 55.1 Å². The molecule has 1 fully saturated rings. The van der Waals surface area contributed by atoms with E-state index in [1.54, 1.807) is 0 Å². The van der Waals surface area contributed by atoms with Crippen LogP contribution in [0.5, 0.6) is 0 Å². The van der Waals surface area contributed by atoms with Crippen LogP contribution in [0.15, 0.2) is 18.2 Å². The molecule has 0 heterocycles. The molecule has 0 spiro atoms. The molecule has 0 saturated heterocycles. The first-order valence-electron chi connectivity index (χ1n) is 8.12. The predicted molar refractivity (Wildman–Crippen MR) is 91.5 cm³/mol. The van der Waals surface area contributed by atoms with Crippen LogP contribution < -0.4 is 0 Å². The van der Waals surface area contributed by atoms with E-state index in [2.05, 4.69) is 0 Å². The first-order chi connectivity index (χ1) is 12.6. The van der Waals surface area contributed by atoms with Gasteiger partial charge in [-0.25, -0.2) is 0 Å². The maximum atomic E-state index is 12.0. The Labute approximate surface area is 154 Å². The number of non-ortho nitro benzene ring substituents is 2. The molecule has 1 aromatic carbocycles. The van der Waals surface area contributed by atoms with E-state index in [4.69, 9.17) is 4.74 Å². The van der Waals surface area contributed by atoms with Crippen molar-refractivity contribution in [2.24, 2.45) is 5.92 Å². The molecule has 1 aliphatic rings. The zero-order valence-electron chi connectivity index (χ0n) is 14.1. The van der Waals surface area contributed by atoms with Crippen LogP contribution in [0.25, 0.3) is 0 Å². The number of nitro benzene ring substituents is 2. The maximum Gasteiger partial charge on any atom is 0.306 e. The van der Waals surface area contributed by atoms with E-state index in [-0.39, 0.29) is 18.4 Å². The second kappa shape index (κ2) is 8.39. The third-order valence-corrected chi connectivity index (χ3v) is 5.82. The Morgan fingerprint density at radius 1 is 1.11 bits per heavy atom. The van der Waals surface area contributed by atoms with Crippen molar-refractivity contribution >= 4 is 27.5 Å². The van der Waals surface area contributed by atoms with E-state index in [9.17, 15) is 38.0 Å². The van der Waals surface area contributed by atoms with E-state index in [1.165, 1.54) is 0 Å². The Bertz CT molecular complexity index is 821. The Morgan fingerprint density at radius 3 is 2.19 bits per heavy atom. The van der Waals surface area contributed by atoms with Crippen LogP contribution in [-0.4, -0.2) is 34.0 Å². The Hall–Kier alpha value is -2.60. The van der Waals surface area contributed by atoms with Crippen LogP contribution in [0.2, 0.25) is 0 Å². The Balaban J connectivity index is 2.04. The van der Waals surface area contributed by atoms with Gasteiger partial charge in [0.05, 0.1) is 21.2 Å². The van der Waals surface area contributed by atoms with Gasteiger partial charge in [0, 0.05) is 24.1 Å². The molecule has 0 amide bonds. The molecule has 148 valence electrons. The normalized spacial score (nSPS) is 20.0. The fraction of sp³-hybridized carbons (Fsp3) is 0.533. The number of carbonyl (C=O) groups is 1. The molecular weight excluding hydrogens is 384 g/mol. The number of nitro groups is 2. The summed E-state index contributed by atoms with van der Waals surface area (Å²) in [6.45, 7) is -0.426. The summed E-state index contributed by atoms with van der Waals surface area (Å²) < 4.78 is 37.2. The van der Waals surface area contributed by atoms with E-state index >= 15 is 0 Å². The highest BCUT2D eigenvalue weighted by molar-refractivity contribution is 7.86. The van der Waals surface area contributed by atoms with Gasteiger partial charge in [-0.2, -0.15) is 8.42 Å². The smallest absolute Gasteiger partial charge is 0.306 e. The lowest BCUT2D eigenvalue weighted by Crippen LogP contribution is -2.34. The second-order valence-electron chi connectivity index (χ2n) is 6.33. The summed E-state index contributed by atoms with van der Waals surface area (Å²) in [7, 11) is -4.28. The SMILES string of the molecule is O=C(C[C@H]1CCCC[C@@H]1S(=O)(=O)O)OCc1cc([N+](=O)[O-])cc([N+](=O)[O-])c1. The molecule has 0 aromatic heterocycles. The van der Waals surface area contributed by atoms with E-state index in [1.807, 2.05) is 0 Å². The van der Waals surface area contributed by atoms with Crippen molar-refractivity contribution in [1.29, 1.82) is 0 Å². The molecule has 1 aromatic rings. The van der Waals surface area contributed by atoms with Gasteiger partial charge < -0.3 is 4.74 Å². The average Bonchev–Trinajstić information content (AvgIpc) is 2.59. The number of benzene rings is 1. The molecule has 2 rings (SSSR count). The van der Waals surface area contributed by atoms with Crippen molar-refractivity contribution in [1.82, 2.24) is 0 Å². The monoisotopic (exact) mass is 402 g/mol. The van der Waals surface area contributed by atoms with Gasteiger partial charge in [0.1, 0.15) is 6.61 Å². The van der Waals surface area contributed by atoms with Crippen molar-refractivity contribution in [3.63, 3.8) is 0 Å². The quantitative estimate of drug-likeness (QED) is 0.311. The molecule has 0 aliphatic heterocycles. The van der Waals surface area contributed by atoms with Gasteiger partial charge in [0.2, 0.25) is 0 Å². The molecule has 12 heteroatoms. The van der Waals surface area contributed by atoms with Crippen molar-refractivity contribution in [2.75, 3.05) is 0 Å². The number of esters is 1. The highest BCUT2D eigenvalue weighted by Gasteiger charge is 2.35. The number of carbonyl (C=O) groups excluding carboxylic acids is 1. The summed E-state index contributed by atoms with van der Waals surface area (Å²) in [5, 5.41) is 20.7. The summed E-state index contributed by atoms with van der Waals surface area (Å²) in [5.41, 5.74) is -0.942. The topological polar surface area (TPSA) is 167 Å². The van der Waals surface area contributed by atoms with Gasteiger partial charge in [0.15, 0.2) is 0 Å². The number of ether oxygens (including phenoxy) is 1. The summed E-state index contributed by atoms with van der Waals surface area (Å²) in [5.74, 6) is -1.33. The second-order valence-corrected chi connectivity index (χ2v) is 7.97. The number of rotatable bonds is 7. The fourth-order valence-electron chi connectivity index (χ4n) is 3.19. The molecule has 1 aliphatic carbocycles. The zero-order valence-corrected chi connectivity index (χ0v) is 15.0. The maximum absolute atomic E-state index is 12.0. The van der Waals surface area contributed by atoms with Crippen molar-refractivity contribution < 1.29 is 32.3 Å². The van der Waals surface area contributed by atoms with E-state index in [0.29, 0.717) is 12.8 Å². The van der Waals surface area contributed by atoms with Crippen LogP contribution in [-0.2, 0) is 26.3 Å². The largest absolute Gasteiger partial charge is 0.461 e. The summed E-state index contributed by atoms with van der Waals surface area (Å²) in [6.07, 6.45) is 1.82. The summed E-state index contributed by atoms with van der Waals surface area (Å²) >= 11 is 0. The lowest BCUT2D eigenvalue weighted by atomic mass is 9.86. The Morgan fingerprint density at radius 2 is 1.67 bits per heavy atom. The van der Waals surface area contributed by atoms with Gasteiger partial charge in [0.25, 0.3) is 21.5 Å². The van der Waals surface area contributed by atoms with Gasteiger partial charge in [-0.05, 0) is 18.8 Å². The van der Waals surface area contributed by atoms with Crippen molar-refractivity contribution in [2.45, 2.75) is 44.0 Å². The minimum absolute atomic E-state index is 0.0687. The lowest BCUT2D eigenvalue weighted by Gasteiger charge is -2.28. The highest BCUT2D eigenvalue weighted by Crippen LogP contribution is 2.32. The number of hydrogen-bond donors (Lipinski definition) is 1. The van der Waals surface area contributed by atoms with Crippen LogP contribution in [0.1, 0.15) is 37.7 Å². The Kier molecular flexibility index (Phi) is 6.44. The first-order valence-corrected chi connectivity index (χ1v) is 9.63. The lowest BCUT2D eigenvalue weighted by molar-refractivity contribution is -0.394. The molecular formula is C15H18N2O9S. The fourth-order valence-corrected chi connectivity index (χ4v) is 4.37. The number of hydrogen-bond acceptors (Lipinski definition) is 8. The molecule has 0 bridgehead atoms.